The van der Waals surface area contributed by atoms with Gasteiger partial charge >= 0.3 is 12.0 Å². The lowest BCUT2D eigenvalue weighted by Crippen LogP contribution is -2.62. The summed E-state index contributed by atoms with van der Waals surface area (Å²) < 4.78 is 10.5. The summed E-state index contributed by atoms with van der Waals surface area (Å²) >= 11 is 0. The van der Waals surface area contributed by atoms with Crippen LogP contribution >= 0.6 is 0 Å². The summed E-state index contributed by atoms with van der Waals surface area (Å²) in [7, 11) is 0. The third-order valence-electron chi connectivity index (χ3n) is 7.39. The van der Waals surface area contributed by atoms with Crippen molar-refractivity contribution < 1.29 is 28.3 Å². The van der Waals surface area contributed by atoms with Crippen molar-refractivity contribution in [3.05, 3.63) is 47.7 Å². The number of benzene rings is 1. The molecule has 4 bridgehead atoms. The maximum Gasteiger partial charge on any atom is 0.374 e. The van der Waals surface area contributed by atoms with E-state index >= 15 is 0 Å². The Hall–Kier alpha value is -3.42. The Morgan fingerprint density at radius 3 is 2.15 bits per heavy atom. The van der Waals surface area contributed by atoms with Crippen LogP contribution in [-0.2, 0) is 9.53 Å². The second-order valence-electron chi connectivity index (χ2n) is 10.1. The Balaban J connectivity index is 1.11. The summed E-state index contributed by atoms with van der Waals surface area (Å²) in [6.45, 7) is 0.898. The van der Waals surface area contributed by atoms with Crippen molar-refractivity contribution in [2.24, 2.45) is 17.8 Å². The van der Waals surface area contributed by atoms with E-state index in [1.165, 1.54) is 32.3 Å². The summed E-state index contributed by atoms with van der Waals surface area (Å²) in [4.78, 5) is 48.3. The summed E-state index contributed by atoms with van der Waals surface area (Å²) in [5.74, 6) is 0.860. The zero-order valence-corrected chi connectivity index (χ0v) is 19.1. The minimum Gasteiger partial charge on any atom is -0.450 e. The molecule has 0 atom stereocenters. The van der Waals surface area contributed by atoms with Gasteiger partial charge in [0.1, 0.15) is 5.76 Å². The summed E-state index contributed by atoms with van der Waals surface area (Å²) in [5.41, 5.74) is 1.07. The van der Waals surface area contributed by atoms with E-state index in [1.54, 1.807) is 30.3 Å². The van der Waals surface area contributed by atoms with Gasteiger partial charge in [-0.3, -0.25) is 14.9 Å². The van der Waals surface area contributed by atoms with E-state index in [9.17, 15) is 19.2 Å². The molecule has 1 aromatic heterocycles. The van der Waals surface area contributed by atoms with E-state index in [1.807, 2.05) is 0 Å². The molecule has 0 spiro atoms. The lowest BCUT2D eigenvalue weighted by Gasteiger charge is -2.56. The standard InChI is InChI=1S/C26H28N2O6/c1-15(29)19-2-4-20(5-3-19)21-6-7-22(34-21)24(31)33-14-23(30)27-25(32)28-26-11-16-8-17(12-26)10-18(9-16)13-26/h2-7,16-18H,8-14H2,1H3,(H2,27,28,30,32). The van der Waals surface area contributed by atoms with Gasteiger partial charge < -0.3 is 14.5 Å². The number of amides is 3. The highest BCUT2D eigenvalue weighted by molar-refractivity contribution is 5.97. The number of urea groups is 1. The Morgan fingerprint density at radius 1 is 0.941 bits per heavy atom. The van der Waals surface area contributed by atoms with Gasteiger partial charge in [0.25, 0.3) is 5.91 Å². The molecule has 1 heterocycles. The second-order valence-corrected chi connectivity index (χ2v) is 10.1. The van der Waals surface area contributed by atoms with E-state index in [2.05, 4.69) is 10.6 Å². The molecule has 2 N–H and O–H groups in total. The third-order valence-corrected chi connectivity index (χ3v) is 7.39. The summed E-state index contributed by atoms with van der Waals surface area (Å²) in [6.07, 6.45) is 6.72. The van der Waals surface area contributed by atoms with Gasteiger partial charge in [-0.05, 0) is 75.3 Å². The number of ether oxygens (including phenoxy) is 1. The molecular weight excluding hydrogens is 436 g/mol. The van der Waals surface area contributed by atoms with Crippen molar-refractivity contribution in [3.8, 4) is 11.3 Å². The Bertz CT molecular complexity index is 1100. The molecule has 0 aliphatic heterocycles. The molecule has 4 aliphatic rings. The fourth-order valence-corrected chi connectivity index (χ4v) is 6.37. The first-order valence-corrected chi connectivity index (χ1v) is 11.8. The number of furan rings is 1. The first-order valence-electron chi connectivity index (χ1n) is 11.8. The minimum atomic E-state index is -0.803. The molecule has 1 aromatic carbocycles. The van der Waals surface area contributed by atoms with Crippen LogP contribution < -0.4 is 10.6 Å². The number of imide groups is 1. The first kappa shape index (κ1) is 22.4. The van der Waals surface area contributed by atoms with Crippen molar-refractivity contribution in [1.29, 1.82) is 0 Å². The molecule has 4 fully saturated rings. The monoisotopic (exact) mass is 464 g/mol. The van der Waals surface area contributed by atoms with E-state index in [0.29, 0.717) is 34.6 Å². The van der Waals surface area contributed by atoms with Crippen LogP contribution in [0.25, 0.3) is 11.3 Å². The normalized spacial score (nSPS) is 26.7. The summed E-state index contributed by atoms with van der Waals surface area (Å²) in [5, 5.41) is 5.34. The predicted molar refractivity (Wildman–Crippen MR) is 122 cm³/mol. The van der Waals surface area contributed by atoms with Crippen molar-refractivity contribution in [2.75, 3.05) is 6.61 Å². The molecule has 3 amide bonds. The second kappa shape index (κ2) is 8.74. The number of esters is 1. The van der Waals surface area contributed by atoms with Crippen LogP contribution in [0.3, 0.4) is 0 Å². The number of ketones is 1. The molecule has 0 saturated heterocycles. The Kier molecular flexibility index (Phi) is 5.75. The zero-order chi connectivity index (χ0) is 23.9. The SMILES string of the molecule is CC(=O)c1ccc(-c2ccc(C(=O)OCC(=O)NC(=O)NC34CC5CC(CC(C5)C3)C4)o2)cc1. The minimum absolute atomic E-state index is 0.0415. The van der Waals surface area contributed by atoms with E-state index in [0.717, 1.165) is 19.3 Å². The number of nitrogens with one attached hydrogen (secondary N) is 2. The van der Waals surface area contributed by atoms with Gasteiger partial charge in [-0.25, -0.2) is 9.59 Å². The van der Waals surface area contributed by atoms with Crippen molar-refractivity contribution in [3.63, 3.8) is 0 Å². The maximum atomic E-state index is 12.5. The topological polar surface area (TPSA) is 115 Å². The third kappa shape index (κ3) is 4.62. The zero-order valence-electron chi connectivity index (χ0n) is 19.1. The Labute approximate surface area is 197 Å². The van der Waals surface area contributed by atoms with Crippen LogP contribution in [0, 0.1) is 17.8 Å². The first-order chi connectivity index (χ1) is 16.3. The van der Waals surface area contributed by atoms with Crippen LogP contribution in [0.1, 0.15) is 66.4 Å². The van der Waals surface area contributed by atoms with Crippen LogP contribution in [0.15, 0.2) is 40.8 Å². The highest BCUT2D eigenvalue weighted by Gasteiger charge is 2.51. The van der Waals surface area contributed by atoms with Gasteiger partial charge in [-0.1, -0.05) is 24.3 Å². The van der Waals surface area contributed by atoms with Crippen LogP contribution in [0.2, 0.25) is 0 Å². The fraction of sp³-hybridized carbons (Fsp3) is 0.462. The number of carbonyl (C=O) groups is 4. The lowest BCUT2D eigenvalue weighted by molar-refractivity contribution is -0.123. The predicted octanol–water partition coefficient (Wildman–Crippen LogP) is 4.10. The highest BCUT2D eigenvalue weighted by Crippen LogP contribution is 2.55. The molecule has 0 unspecified atom stereocenters. The van der Waals surface area contributed by atoms with Crippen LogP contribution in [-0.4, -0.2) is 35.8 Å². The number of Topliss-reactive ketones (excluding diaryl/α,β-unsaturated/α-hetero) is 1. The number of hydrogen-bond acceptors (Lipinski definition) is 6. The van der Waals surface area contributed by atoms with E-state index in [4.69, 9.17) is 9.15 Å². The summed E-state index contributed by atoms with van der Waals surface area (Å²) in [6, 6.07) is 9.33. The fourth-order valence-electron chi connectivity index (χ4n) is 6.37. The molecule has 2 aromatic rings. The highest BCUT2D eigenvalue weighted by atomic mass is 16.5. The van der Waals surface area contributed by atoms with Gasteiger partial charge in [0.05, 0.1) is 0 Å². The lowest BCUT2D eigenvalue weighted by atomic mass is 9.53. The van der Waals surface area contributed by atoms with Gasteiger partial charge in [0, 0.05) is 16.7 Å². The van der Waals surface area contributed by atoms with E-state index in [-0.39, 0.29) is 17.1 Å². The Morgan fingerprint density at radius 2 is 1.56 bits per heavy atom. The molecule has 178 valence electrons. The average molecular weight is 465 g/mol. The smallest absolute Gasteiger partial charge is 0.374 e. The quantitative estimate of drug-likeness (QED) is 0.491. The van der Waals surface area contributed by atoms with Crippen LogP contribution in [0.5, 0.6) is 0 Å². The molecule has 0 radical (unpaired) electrons. The van der Waals surface area contributed by atoms with Crippen LogP contribution in [0.4, 0.5) is 4.79 Å². The van der Waals surface area contributed by atoms with Crippen molar-refractivity contribution in [1.82, 2.24) is 10.6 Å². The van der Waals surface area contributed by atoms with Gasteiger partial charge in [-0.2, -0.15) is 0 Å². The number of rotatable bonds is 6. The molecular formula is C26H28N2O6. The maximum absolute atomic E-state index is 12.5. The number of carbonyl (C=O) groups excluding carboxylic acids is 4. The molecule has 8 heteroatoms. The molecule has 8 nitrogen and oxygen atoms in total. The van der Waals surface area contributed by atoms with Gasteiger partial charge in [0.2, 0.25) is 5.76 Å². The average Bonchev–Trinajstić information content (AvgIpc) is 3.26. The molecule has 6 rings (SSSR count). The van der Waals surface area contributed by atoms with E-state index < -0.39 is 24.5 Å². The van der Waals surface area contributed by atoms with Crippen molar-refractivity contribution >= 4 is 23.7 Å². The largest absolute Gasteiger partial charge is 0.450 e. The van der Waals surface area contributed by atoms with Crippen molar-refractivity contribution in [2.45, 2.75) is 51.0 Å². The van der Waals surface area contributed by atoms with Gasteiger partial charge in [0.15, 0.2) is 12.4 Å². The molecule has 4 saturated carbocycles. The molecule has 34 heavy (non-hydrogen) atoms. The number of hydrogen-bond donors (Lipinski definition) is 2. The van der Waals surface area contributed by atoms with Gasteiger partial charge in [-0.15, -0.1) is 0 Å². The molecule has 4 aliphatic carbocycles.